The van der Waals surface area contributed by atoms with Crippen LogP contribution in [0.3, 0.4) is 0 Å². The van der Waals surface area contributed by atoms with Crippen LogP contribution in [0.25, 0.3) is 0 Å². The molecule has 6 heteroatoms. The van der Waals surface area contributed by atoms with Gasteiger partial charge in [-0.25, -0.2) is 0 Å². The topological polar surface area (TPSA) is 96.1 Å². The Labute approximate surface area is 114 Å². The van der Waals surface area contributed by atoms with Crippen molar-refractivity contribution in [3.63, 3.8) is 0 Å². The van der Waals surface area contributed by atoms with E-state index in [1.807, 2.05) is 13.0 Å². The van der Waals surface area contributed by atoms with Gasteiger partial charge in [0.25, 0.3) is 0 Å². The van der Waals surface area contributed by atoms with Gasteiger partial charge in [-0.3, -0.25) is 0 Å². The fourth-order valence-electron chi connectivity index (χ4n) is 1.89. The van der Waals surface area contributed by atoms with Crippen LogP contribution in [0.2, 0.25) is 0 Å². The third-order valence-electron chi connectivity index (χ3n) is 3.58. The molecule has 1 aromatic rings. The zero-order valence-corrected chi connectivity index (χ0v) is 12.0. The van der Waals surface area contributed by atoms with Crippen LogP contribution in [0.1, 0.15) is 33.6 Å². The standard InChI is InChI=1S/C13H25N5O/c1-4-13(5-2,9-19)8-16-11-7-10(15-6-3)17-12(14)18-11/h7,19H,4-6,8-9H2,1-3H3,(H4,14,15,16,17,18). The van der Waals surface area contributed by atoms with Crippen molar-refractivity contribution in [3.05, 3.63) is 6.07 Å². The maximum Gasteiger partial charge on any atom is 0.223 e. The van der Waals surface area contributed by atoms with E-state index in [-0.39, 0.29) is 18.0 Å². The Morgan fingerprint density at radius 2 is 1.74 bits per heavy atom. The maximum atomic E-state index is 9.54. The molecule has 0 aromatic carbocycles. The van der Waals surface area contributed by atoms with E-state index in [1.54, 1.807) is 0 Å². The van der Waals surface area contributed by atoms with Gasteiger partial charge in [-0.2, -0.15) is 9.97 Å². The number of rotatable bonds is 8. The second-order valence-corrected chi connectivity index (χ2v) is 4.75. The summed E-state index contributed by atoms with van der Waals surface area (Å²) in [5.41, 5.74) is 5.56. The summed E-state index contributed by atoms with van der Waals surface area (Å²) in [6, 6.07) is 1.83. The summed E-state index contributed by atoms with van der Waals surface area (Å²) in [5.74, 6) is 1.63. The molecule has 0 aliphatic rings. The molecule has 5 N–H and O–H groups in total. The van der Waals surface area contributed by atoms with Gasteiger partial charge in [0.05, 0.1) is 6.61 Å². The molecule has 0 aliphatic heterocycles. The number of aromatic nitrogens is 2. The average molecular weight is 267 g/mol. The van der Waals surface area contributed by atoms with E-state index in [0.29, 0.717) is 18.2 Å². The number of nitrogen functional groups attached to an aromatic ring is 1. The van der Waals surface area contributed by atoms with Gasteiger partial charge in [0, 0.05) is 24.6 Å². The van der Waals surface area contributed by atoms with Crippen molar-refractivity contribution in [2.24, 2.45) is 5.41 Å². The normalized spacial score (nSPS) is 11.4. The Hall–Kier alpha value is -1.56. The van der Waals surface area contributed by atoms with Crippen LogP contribution in [0, 0.1) is 5.41 Å². The molecule has 0 fully saturated rings. The average Bonchev–Trinajstić information content (AvgIpc) is 2.41. The number of aliphatic hydroxyl groups is 1. The molecular formula is C13H25N5O. The smallest absolute Gasteiger partial charge is 0.223 e. The highest BCUT2D eigenvalue weighted by atomic mass is 16.3. The van der Waals surface area contributed by atoms with E-state index in [9.17, 15) is 5.11 Å². The van der Waals surface area contributed by atoms with E-state index < -0.39 is 0 Å². The van der Waals surface area contributed by atoms with Crippen LogP contribution in [0.15, 0.2) is 6.07 Å². The predicted octanol–water partition coefficient (Wildman–Crippen LogP) is 1.70. The fourth-order valence-corrected chi connectivity index (χ4v) is 1.89. The molecule has 0 unspecified atom stereocenters. The molecule has 108 valence electrons. The molecule has 0 saturated heterocycles. The quantitative estimate of drug-likeness (QED) is 0.572. The fraction of sp³-hybridized carbons (Fsp3) is 0.692. The lowest BCUT2D eigenvalue weighted by atomic mass is 9.83. The minimum absolute atomic E-state index is 0.113. The minimum atomic E-state index is -0.113. The largest absolute Gasteiger partial charge is 0.396 e. The van der Waals surface area contributed by atoms with Crippen molar-refractivity contribution >= 4 is 17.6 Å². The van der Waals surface area contributed by atoms with Crippen molar-refractivity contribution in [1.82, 2.24) is 9.97 Å². The van der Waals surface area contributed by atoms with Gasteiger partial charge >= 0.3 is 0 Å². The minimum Gasteiger partial charge on any atom is -0.396 e. The third kappa shape index (κ3) is 4.24. The van der Waals surface area contributed by atoms with E-state index in [1.165, 1.54) is 0 Å². The van der Waals surface area contributed by atoms with Gasteiger partial charge in [-0.15, -0.1) is 0 Å². The van der Waals surface area contributed by atoms with Crippen LogP contribution in [0.5, 0.6) is 0 Å². The molecule has 1 aromatic heterocycles. The van der Waals surface area contributed by atoms with Crippen LogP contribution in [0.4, 0.5) is 17.6 Å². The highest BCUT2D eigenvalue weighted by Crippen LogP contribution is 2.26. The molecule has 0 saturated carbocycles. The Balaban J connectivity index is 2.76. The molecular weight excluding hydrogens is 242 g/mol. The lowest BCUT2D eigenvalue weighted by molar-refractivity contribution is 0.127. The lowest BCUT2D eigenvalue weighted by Gasteiger charge is -2.29. The van der Waals surface area contributed by atoms with Crippen molar-refractivity contribution in [1.29, 1.82) is 0 Å². The number of hydrogen-bond donors (Lipinski definition) is 4. The summed E-state index contributed by atoms with van der Waals surface area (Å²) >= 11 is 0. The molecule has 0 radical (unpaired) electrons. The molecule has 1 heterocycles. The highest BCUT2D eigenvalue weighted by molar-refractivity contribution is 5.51. The van der Waals surface area contributed by atoms with Gasteiger partial charge in [-0.05, 0) is 19.8 Å². The number of nitrogens with two attached hydrogens (primary N) is 1. The Morgan fingerprint density at radius 1 is 1.16 bits per heavy atom. The van der Waals surface area contributed by atoms with Gasteiger partial charge in [0.2, 0.25) is 5.95 Å². The number of anilines is 3. The first-order valence-corrected chi connectivity index (χ1v) is 6.82. The van der Waals surface area contributed by atoms with E-state index in [4.69, 9.17) is 5.73 Å². The Bertz CT molecular complexity index is 384. The summed E-state index contributed by atoms with van der Waals surface area (Å²) in [4.78, 5) is 8.25. The van der Waals surface area contributed by atoms with Crippen LogP contribution in [-0.4, -0.2) is 34.8 Å². The third-order valence-corrected chi connectivity index (χ3v) is 3.58. The van der Waals surface area contributed by atoms with E-state index >= 15 is 0 Å². The van der Waals surface area contributed by atoms with Gasteiger partial charge in [-0.1, -0.05) is 13.8 Å². The molecule has 0 bridgehead atoms. The van der Waals surface area contributed by atoms with Crippen LogP contribution < -0.4 is 16.4 Å². The molecule has 0 spiro atoms. The van der Waals surface area contributed by atoms with E-state index in [0.717, 1.165) is 19.4 Å². The van der Waals surface area contributed by atoms with Crippen molar-refractivity contribution < 1.29 is 5.11 Å². The summed E-state index contributed by atoms with van der Waals surface area (Å²) in [7, 11) is 0. The van der Waals surface area contributed by atoms with Crippen LogP contribution in [-0.2, 0) is 0 Å². The first kappa shape index (κ1) is 15.5. The van der Waals surface area contributed by atoms with Crippen LogP contribution >= 0.6 is 0 Å². The summed E-state index contributed by atoms with van der Waals surface area (Å²) in [5, 5.41) is 15.9. The molecule has 0 atom stereocenters. The Kier molecular flexibility index (Phi) is 5.82. The molecule has 0 aliphatic carbocycles. The first-order valence-electron chi connectivity index (χ1n) is 6.82. The molecule has 0 amide bonds. The van der Waals surface area contributed by atoms with Crippen molar-refractivity contribution in [3.8, 4) is 0 Å². The molecule has 6 nitrogen and oxygen atoms in total. The predicted molar refractivity (Wildman–Crippen MR) is 79.2 cm³/mol. The van der Waals surface area contributed by atoms with E-state index in [2.05, 4.69) is 34.4 Å². The second kappa shape index (κ2) is 7.13. The van der Waals surface area contributed by atoms with Gasteiger partial charge < -0.3 is 21.5 Å². The second-order valence-electron chi connectivity index (χ2n) is 4.75. The number of nitrogens with one attached hydrogen (secondary N) is 2. The Morgan fingerprint density at radius 3 is 2.21 bits per heavy atom. The monoisotopic (exact) mass is 267 g/mol. The zero-order valence-electron chi connectivity index (χ0n) is 12.0. The number of aliphatic hydroxyl groups excluding tert-OH is 1. The highest BCUT2D eigenvalue weighted by Gasteiger charge is 2.25. The summed E-state index contributed by atoms with van der Waals surface area (Å²) in [6.07, 6.45) is 1.82. The van der Waals surface area contributed by atoms with Gasteiger partial charge in [0.15, 0.2) is 0 Å². The summed E-state index contributed by atoms with van der Waals surface area (Å²) < 4.78 is 0. The first-order chi connectivity index (χ1) is 9.09. The van der Waals surface area contributed by atoms with Crippen molar-refractivity contribution in [2.45, 2.75) is 33.6 Å². The van der Waals surface area contributed by atoms with Crippen molar-refractivity contribution in [2.75, 3.05) is 36.1 Å². The zero-order chi connectivity index (χ0) is 14.3. The number of hydrogen-bond acceptors (Lipinski definition) is 6. The molecule has 1 rings (SSSR count). The van der Waals surface area contributed by atoms with Gasteiger partial charge in [0.1, 0.15) is 11.6 Å². The maximum absolute atomic E-state index is 9.54. The SMILES string of the molecule is CCNc1cc(NCC(CC)(CC)CO)nc(N)n1. The summed E-state index contributed by atoms with van der Waals surface area (Å²) in [6.45, 7) is 7.77. The molecule has 19 heavy (non-hydrogen) atoms. The number of nitrogens with zero attached hydrogens (tertiary/aromatic N) is 2. The lowest BCUT2D eigenvalue weighted by Crippen LogP contribution is -2.32.